The topological polar surface area (TPSA) is 160 Å². The number of carbonyl (C=O) groups excluding carboxylic acids is 4. The summed E-state index contributed by atoms with van der Waals surface area (Å²) in [4.78, 5) is 54.4. The molecule has 0 bridgehead atoms. The minimum atomic E-state index is -3.76. The fraction of sp³-hybridized carbons (Fsp3) is 0.451. The van der Waals surface area contributed by atoms with Crippen molar-refractivity contribution in [2.45, 2.75) is 123 Å². The molecule has 0 fully saturated rings. The third-order valence-electron chi connectivity index (χ3n) is 12.0. The second-order valence-electron chi connectivity index (χ2n) is 19.2. The molecule has 0 heterocycles. The quantitative estimate of drug-likeness (QED) is 0.0520. The molecule has 0 unspecified atom stereocenters. The van der Waals surface area contributed by atoms with Gasteiger partial charge >= 0.3 is 5.97 Å². The maximum absolute atomic E-state index is 14.2. The van der Waals surface area contributed by atoms with Gasteiger partial charge in [-0.05, 0) is 89.8 Å². The summed E-state index contributed by atoms with van der Waals surface area (Å²) in [6.07, 6.45) is 0.255. The predicted octanol–water partition coefficient (Wildman–Crippen LogP) is 9.03. The standard InChI is InChI=1S/C51H70N4O8SSi/c1-35(2)29-44(53-48(57)42-23-18-24-43(31-42)55(9)64(60,61)34-40-21-16-13-17-22-40)45(63-65(10,11)51(6,7)8)30-37(5)47(56)54-46(36(3)4)49(58)52-32-38-25-27-41(28-26-38)50(59)62-33-39-19-14-12-15-20-39/h12-28,31,35-37,44-46H,29-30,32-34H2,1-11H3,(H,52,58)(H,53,57)(H,54,56)/t37-,44+,45+,46+/m1/s1. The van der Waals surface area contributed by atoms with E-state index in [1.54, 1.807) is 72.8 Å². The number of ether oxygens (including phenoxy) is 1. The van der Waals surface area contributed by atoms with Gasteiger partial charge in [-0.25, -0.2) is 13.2 Å². The molecule has 3 N–H and O–H groups in total. The van der Waals surface area contributed by atoms with Crippen LogP contribution in [0.1, 0.15) is 106 Å². The Kier molecular flexibility index (Phi) is 18.7. The lowest BCUT2D eigenvalue weighted by atomic mass is 9.91. The summed E-state index contributed by atoms with van der Waals surface area (Å²) in [6, 6.07) is 30.4. The Balaban J connectivity index is 1.47. The number of carbonyl (C=O) groups is 4. The molecule has 0 radical (unpaired) electrons. The third kappa shape index (κ3) is 15.7. The Morgan fingerprint density at radius 1 is 0.708 bits per heavy atom. The molecule has 4 aromatic rings. The summed E-state index contributed by atoms with van der Waals surface area (Å²) in [5.74, 6) is -2.37. The van der Waals surface area contributed by atoms with Gasteiger partial charge < -0.3 is 25.1 Å². The molecule has 0 aliphatic carbocycles. The second-order valence-corrected chi connectivity index (χ2v) is 26.0. The van der Waals surface area contributed by atoms with Crippen molar-refractivity contribution < 1.29 is 36.8 Å². The number of nitrogens with one attached hydrogen (secondary N) is 3. The maximum Gasteiger partial charge on any atom is 0.338 e. The van der Waals surface area contributed by atoms with Crippen LogP contribution < -0.4 is 20.3 Å². The first-order chi connectivity index (χ1) is 30.5. The number of hydrogen-bond acceptors (Lipinski definition) is 8. The maximum atomic E-state index is 14.2. The van der Waals surface area contributed by atoms with E-state index < -0.39 is 48.4 Å². The highest BCUT2D eigenvalue weighted by molar-refractivity contribution is 7.92. The number of sulfonamides is 1. The van der Waals surface area contributed by atoms with E-state index in [1.807, 2.05) is 57.2 Å². The Hall–Kier alpha value is -5.31. The summed E-state index contributed by atoms with van der Waals surface area (Å²) in [6.45, 7) is 20.7. The zero-order valence-electron chi connectivity index (χ0n) is 40.0. The van der Waals surface area contributed by atoms with Gasteiger partial charge in [0.15, 0.2) is 8.32 Å². The summed E-state index contributed by atoms with van der Waals surface area (Å²) in [7, 11) is -4.75. The molecule has 0 aliphatic heterocycles. The van der Waals surface area contributed by atoms with Crippen LogP contribution in [-0.2, 0) is 47.7 Å². The van der Waals surface area contributed by atoms with Crippen LogP contribution in [0, 0.1) is 17.8 Å². The molecule has 352 valence electrons. The molecule has 0 aromatic heterocycles. The fourth-order valence-electron chi connectivity index (χ4n) is 6.95. The second kappa shape index (κ2) is 23.2. The van der Waals surface area contributed by atoms with Crippen molar-refractivity contribution in [1.29, 1.82) is 0 Å². The van der Waals surface area contributed by atoms with Gasteiger partial charge in [0.25, 0.3) is 5.91 Å². The van der Waals surface area contributed by atoms with Crippen LogP contribution in [0.25, 0.3) is 0 Å². The molecule has 65 heavy (non-hydrogen) atoms. The molecular formula is C51H70N4O8SSi. The Morgan fingerprint density at radius 2 is 1.31 bits per heavy atom. The van der Waals surface area contributed by atoms with E-state index in [-0.39, 0.29) is 65.5 Å². The van der Waals surface area contributed by atoms with Gasteiger partial charge in [0.05, 0.1) is 29.1 Å². The van der Waals surface area contributed by atoms with Gasteiger partial charge in [-0.1, -0.05) is 134 Å². The number of esters is 1. The van der Waals surface area contributed by atoms with Gasteiger partial charge in [0.2, 0.25) is 21.8 Å². The molecule has 0 saturated heterocycles. The van der Waals surface area contributed by atoms with Gasteiger partial charge in [-0.15, -0.1) is 0 Å². The summed E-state index contributed by atoms with van der Waals surface area (Å²) in [5.41, 5.74) is 3.36. The first kappa shape index (κ1) is 52.3. The van der Waals surface area contributed by atoms with Crippen molar-refractivity contribution >= 4 is 47.7 Å². The van der Waals surface area contributed by atoms with E-state index in [2.05, 4.69) is 63.7 Å². The van der Waals surface area contributed by atoms with Crippen molar-refractivity contribution in [2.24, 2.45) is 17.8 Å². The molecule has 4 atom stereocenters. The first-order valence-electron chi connectivity index (χ1n) is 22.4. The van der Waals surface area contributed by atoms with Crippen molar-refractivity contribution in [3.63, 3.8) is 0 Å². The minimum absolute atomic E-state index is 0.147. The number of amides is 3. The molecule has 14 heteroatoms. The van der Waals surface area contributed by atoms with E-state index in [9.17, 15) is 27.6 Å². The Bertz CT molecular complexity index is 2300. The van der Waals surface area contributed by atoms with Crippen LogP contribution in [0.4, 0.5) is 5.69 Å². The highest BCUT2D eigenvalue weighted by Crippen LogP contribution is 2.39. The number of anilines is 1. The van der Waals surface area contributed by atoms with Crippen LogP contribution in [0.5, 0.6) is 0 Å². The molecule has 0 aliphatic rings. The highest BCUT2D eigenvalue weighted by Gasteiger charge is 2.42. The Morgan fingerprint density at radius 3 is 1.88 bits per heavy atom. The lowest BCUT2D eigenvalue weighted by Crippen LogP contribution is -2.54. The van der Waals surface area contributed by atoms with E-state index in [0.717, 1.165) is 11.1 Å². The molecule has 0 spiro atoms. The highest BCUT2D eigenvalue weighted by atomic mass is 32.2. The van der Waals surface area contributed by atoms with Crippen LogP contribution in [0.3, 0.4) is 0 Å². The van der Waals surface area contributed by atoms with Crippen LogP contribution >= 0.6 is 0 Å². The molecule has 0 saturated carbocycles. The van der Waals surface area contributed by atoms with Gasteiger partial charge in [-0.3, -0.25) is 18.7 Å². The number of benzene rings is 4. The number of nitrogens with zero attached hydrogens (tertiary/aromatic N) is 1. The predicted molar refractivity (Wildman–Crippen MR) is 261 cm³/mol. The normalized spacial score (nSPS) is 13.9. The van der Waals surface area contributed by atoms with Crippen molar-refractivity contribution in [3.8, 4) is 0 Å². The van der Waals surface area contributed by atoms with Crippen LogP contribution in [0.2, 0.25) is 18.1 Å². The summed E-state index contributed by atoms with van der Waals surface area (Å²) in [5, 5.41) is 8.99. The molecule has 4 rings (SSSR count). The molecule has 4 aromatic carbocycles. The largest absolute Gasteiger partial charge is 0.457 e. The van der Waals surface area contributed by atoms with Crippen molar-refractivity contribution in [2.75, 3.05) is 11.4 Å². The fourth-order valence-corrected chi connectivity index (χ4v) is 9.56. The molecule has 12 nitrogen and oxygen atoms in total. The summed E-state index contributed by atoms with van der Waals surface area (Å²) >= 11 is 0. The third-order valence-corrected chi connectivity index (χ3v) is 18.2. The van der Waals surface area contributed by atoms with Crippen LogP contribution in [0.15, 0.2) is 109 Å². The smallest absolute Gasteiger partial charge is 0.338 e. The van der Waals surface area contributed by atoms with Crippen LogP contribution in [-0.4, -0.2) is 65.7 Å². The van der Waals surface area contributed by atoms with Crippen molar-refractivity contribution in [1.82, 2.24) is 16.0 Å². The first-order valence-corrected chi connectivity index (χ1v) is 27.0. The zero-order chi connectivity index (χ0) is 48.1. The zero-order valence-corrected chi connectivity index (χ0v) is 41.8. The minimum Gasteiger partial charge on any atom is -0.457 e. The molecule has 3 amide bonds. The van der Waals surface area contributed by atoms with E-state index >= 15 is 0 Å². The molecular weight excluding hydrogens is 857 g/mol. The van der Waals surface area contributed by atoms with Crippen molar-refractivity contribution in [3.05, 3.63) is 137 Å². The van der Waals surface area contributed by atoms with Gasteiger partial charge in [-0.2, -0.15) is 0 Å². The number of hydrogen-bond donors (Lipinski definition) is 3. The average molecular weight is 927 g/mol. The van der Waals surface area contributed by atoms with E-state index in [0.29, 0.717) is 23.2 Å². The number of rotatable bonds is 22. The SMILES string of the molecule is CC(C)C[C@H](NC(=O)c1cccc(N(C)S(=O)(=O)Cc2ccccc2)c1)[C@H](C[C@@H](C)C(=O)N[C@H](C(=O)NCc1ccc(C(=O)OCc2ccccc2)cc1)C(C)C)O[Si](C)(C)C(C)(C)C. The van der Waals surface area contributed by atoms with E-state index in [4.69, 9.17) is 9.16 Å². The average Bonchev–Trinajstić information content (AvgIpc) is 3.25. The summed E-state index contributed by atoms with van der Waals surface area (Å²) < 4.78 is 40.5. The lowest BCUT2D eigenvalue weighted by Gasteiger charge is -2.42. The monoisotopic (exact) mass is 926 g/mol. The lowest BCUT2D eigenvalue weighted by molar-refractivity contribution is -0.132. The Labute approximate surface area is 388 Å². The van der Waals surface area contributed by atoms with Gasteiger partial charge in [0.1, 0.15) is 12.6 Å². The van der Waals surface area contributed by atoms with Gasteiger partial charge in [0, 0.05) is 25.1 Å². The van der Waals surface area contributed by atoms with E-state index in [1.165, 1.54) is 11.4 Å².